The highest BCUT2D eigenvalue weighted by Crippen LogP contribution is 1.80. The minimum Gasteiger partial charge on any atom is -0.473 e. The topological polar surface area (TPSA) is 13.1 Å². The van der Waals surface area contributed by atoms with Crippen LogP contribution in [0, 0.1) is 0 Å². The molecule has 56 valence electrons. The quantitative estimate of drug-likeness (QED) is 0.557. The van der Waals surface area contributed by atoms with E-state index in [-0.39, 0.29) is 0 Å². The van der Waals surface area contributed by atoms with Gasteiger partial charge in [-0.25, -0.2) is 0 Å². The zero-order valence-electron chi connectivity index (χ0n) is 6.18. The fourth-order valence-corrected chi connectivity index (χ4v) is 0.612. The van der Waals surface area contributed by atoms with E-state index < -0.39 is 0 Å². The molecule has 0 saturated heterocycles. The van der Waals surface area contributed by atoms with Crippen molar-refractivity contribution in [2.75, 3.05) is 0 Å². The van der Waals surface area contributed by atoms with Crippen molar-refractivity contribution in [3.8, 4) is 0 Å². The van der Waals surface area contributed by atoms with Crippen molar-refractivity contribution in [3.63, 3.8) is 0 Å². The lowest BCUT2D eigenvalue weighted by atomic mass is 10.4. The molecule has 0 spiro atoms. The van der Waals surface area contributed by atoms with Crippen LogP contribution in [0.25, 0.3) is 0 Å². The lowest BCUT2D eigenvalue weighted by Gasteiger charge is -1.69. The molecule has 1 nitrogen and oxygen atoms in total. The standard InChI is InChI=1S/C6H6.C4H4O/c1-2-4-6-5-3-1;1-2-4-5-3-1/h1-6H;1-4H. The highest BCUT2D eigenvalue weighted by Gasteiger charge is 1.59. The molecule has 1 aromatic heterocycles. The molecule has 0 aliphatic carbocycles. The minimum atomic E-state index is 1.62. The predicted molar refractivity (Wildman–Crippen MR) is 45.2 cm³/mol. The summed E-state index contributed by atoms with van der Waals surface area (Å²) in [6.07, 6.45) is 3.25. The van der Waals surface area contributed by atoms with E-state index in [1.165, 1.54) is 0 Å². The normalized spacial score (nSPS) is 8.00. The van der Waals surface area contributed by atoms with Gasteiger partial charge in [-0.1, -0.05) is 36.4 Å². The summed E-state index contributed by atoms with van der Waals surface area (Å²) in [5, 5.41) is 0. The first-order chi connectivity index (χ1) is 5.50. The van der Waals surface area contributed by atoms with Gasteiger partial charge in [-0.2, -0.15) is 0 Å². The van der Waals surface area contributed by atoms with Gasteiger partial charge in [0.25, 0.3) is 0 Å². The molecule has 2 aromatic rings. The van der Waals surface area contributed by atoms with E-state index in [9.17, 15) is 0 Å². The third-order valence-electron chi connectivity index (χ3n) is 1.09. The number of benzene rings is 1. The Morgan fingerprint density at radius 1 is 0.455 bits per heavy atom. The van der Waals surface area contributed by atoms with Crippen LogP contribution in [0.5, 0.6) is 0 Å². The summed E-state index contributed by atoms with van der Waals surface area (Å²) >= 11 is 0. The van der Waals surface area contributed by atoms with Gasteiger partial charge in [0, 0.05) is 0 Å². The molecule has 1 heterocycles. The molecule has 0 amide bonds. The molecule has 11 heavy (non-hydrogen) atoms. The van der Waals surface area contributed by atoms with Crippen LogP contribution in [-0.2, 0) is 0 Å². The van der Waals surface area contributed by atoms with Crippen molar-refractivity contribution in [2.24, 2.45) is 0 Å². The Labute approximate surface area is 66.3 Å². The molecule has 0 saturated carbocycles. The third-order valence-corrected chi connectivity index (χ3v) is 1.09. The molecule has 0 atom stereocenters. The maximum Gasteiger partial charge on any atom is 0.0902 e. The smallest absolute Gasteiger partial charge is 0.0902 e. The largest absolute Gasteiger partial charge is 0.473 e. The fraction of sp³-hybridized carbons (Fsp3) is 0. The van der Waals surface area contributed by atoms with Gasteiger partial charge in [0.05, 0.1) is 12.5 Å². The summed E-state index contributed by atoms with van der Waals surface area (Å²) < 4.78 is 4.58. The lowest BCUT2D eigenvalue weighted by molar-refractivity contribution is 0.567. The molecule has 0 fully saturated rings. The van der Waals surface area contributed by atoms with Gasteiger partial charge in [-0.3, -0.25) is 0 Å². The van der Waals surface area contributed by atoms with Gasteiger partial charge < -0.3 is 4.42 Å². The molecule has 1 aromatic carbocycles. The van der Waals surface area contributed by atoms with Crippen molar-refractivity contribution in [1.82, 2.24) is 0 Å². The number of rotatable bonds is 0. The maximum absolute atomic E-state index is 4.58. The fourth-order valence-electron chi connectivity index (χ4n) is 0.612. The van der Waals surface area contributed by atoms with E-state index in [1.807, 2.05) is 48.5 Å². The molecular weight excluding hydrogens is 136 g/mol. The molecular formula is C10H10O. The van der Waals surface area contributed by atoms with Crippen LogP contribution in [-0.4, -0.2) is 0 Å². The highest BCUT2D eigenvalue weighted by atomic mass is 16.3. The first-order valence-electron chi connectivity index (χ1n) is 3.47. The van der Waals surface area contributed by atoms with Crippen molar-refractivity contribution >= 4 is 0 Å². The Kier molecular flexibility index (Phi) is 3.66. The van der Waals surface area contributed by atoms with Crippen LogP contribution in [0.1, 0.15) is 0 Å². The molecule has 0 radical (unpaired) electrons. The van der Waals surface area contributed by atoms with Crippen LogP contribution in [0.2, 0.25) is 0 Å². The second-order valence-corrected chi connectivity index (χ2v) is 1.95. The molecule has 0 aliphatic heterocycles. The van der Waals surface area contributed by atoms with E-state index in [0.717, 1.165) is 0 Å². The monoisotopic (exact) mass is 146 g/mol. The maximum atomic E-state index is 4.58. The molecule has 0 bridgehead atoms. The van der Waals surface area contributed by atoms with Crippen molar-refractivity contribution in [2.45, 2.75) is 0 Å². The van der Waals surface area contributed by atoms with E-state index in [1.54, 1.807) is 12.5 Å². The average Bonchev–Trinajstić information content (AvgIpc) is 2.64. The first-order valence-corrected chi connectivity index (χ1v) is 3.47. The van der Waals surface area contributed by atoms with Crippen LogP contribution in [0.15, 0.2) is 65.5 Å². The second-order valence-electron chi connectivity index (χ2n) is 1.95. The van der Waals surface area contributed by atoms with Gasteiger partial charge in [0.1, 0.15) is 0 Å². The minimum absolute atomic E-state index is 1.62. The Bertz CT molecular complexity index is 191. The lowest BCUT2D eigenvalue weighted by Crippen LogP contribution is -1.47. The van der Waals surface area contributed by atoms with E-state index in [0.29, 0.717) is 0 Å². The Balaban J connectivity index is 0.000000112. The summed E-state index contributed by atoms with van der Waals surface area (Å²) in [5.74, 6) is 0. The molecule has 0 N–H and O–H groups in total. The molecule has 0 aliphatic rings. The first kappa shape index (κ1) is 7.61. The predicted octanol–water partition coefficient (Wildman–Crippen LogP) is 2.97. The number of hydrogen-bond donors (Lipinski definition) is 0. The third kappa shape index (κ3) is 3.98. The van der Waals surface area contributed by atoms with Crippen molar-refractivity contribution < 1.29 is 4.42 Å². The Morgan fingerprint density at radius 2 is 0.818 bits per heavy atom. The molecule has 0 unspecified atom stereocenters. The number of hydrogen-bond acceptors (Lipinski definition) is 1. The number of furan rings is 1. The molecule has 1 heteroatoms. The second kappa shape index (κ2) is 5.30. The highest BCUT2D eigenvalue weighted by molar-refractivity contribution is 4.99. The van der Waals surface area contributed by atoms with Gasteiger partial charge in [-0.15, -0.1) is 0 Å². The SMILES string of the molecule is c1ccccc1.c1ccoc1. The van der Waals surface area contributed by atoms with E-state index in [4.69, 9.17) is 0 Å². The van der Waals surface area contributed by atoms with Gasteiger partial charge >= 0.3 is 0 Å². The summed E-state index contributed by atoms with van der Waals surface area (Å²) in [6, 6.07) is 15.7. The zero-order valence-corrected chi connectivity index (χ0v) is 6.18. The Morgan fingerprint density at radius 3 is 1.00 bits per heavy atom. The van der Waals surface area contributed by atoms with E-state index >= 15 is 0 Å². The summed E-state index contributed by atoms with van der Waals surface area (Å²) in [4.78, 5) is 0. The van der Waals surface area contributed by atoms with Gasteiger partial charge in [0.2, 0.25) is 0 Å². The van der Waals surface area contributed by atoms with E-state index in [2.05, 4.69) is 4.42 Å². The zero-order chi connectivity index (χ0) is 7.78. The van der Waals surface area contributed by atoms with Crippen molar-refractivity contribution in [3.05, 3.63) is 61.1 Å². The van der Waals surface area contributed by atoms with Crippen LogP contribution >= 0.6 is 0 Å². The summed E-state index contributed by atoms with van der Waals surface area (Å²) in [5.41, 5.74) is 0. The van der Waals surface area contributed by atoms with Crippen LogP contribution < -0.4 is 0 Å². The summed E-state index contributed by atoms with van der Waals surface area (Å²) in [6.45, 7) is 0. The van der Waals surface area contributed by atoms with Crippen LogP contribution in [0.4, 0.5) is 0 Å². The van der Waals surface area contributed by atoms with Gasteiger partial charge in [0.15, 0.2) is 0 Å². The Hall–Kier alpha value is -1.50. The average molecular weight is 146 g/mol. The summed E-state index contributed by atoms with van der Waals surface area (Å²) in [7, 11) is 0. The van der Waals surface area contributed by atoms with Crippen LogP contribution in [0.3, 0.4) is 0 Å². The molecule has 2 rings (SSSR count). The van der Waals surface area contributed by atoms with Gasteiger partial charge in [-0.05, 0) is 12.1 Å². The van der Waals surface area contributed by atoms with Crippen molar-refractivity contribution in [1.29, 1.82) is 0 Å².